The molecule has 0 radical (unpaired) electrons. The summed E-state index contributed by atoms with van der Waals surface area (Å²) < 4.78 is 17.7. The Morgan fingerprint density at radius 2 is 2.04 bits per heavy atom. The van der Waals surface area contributed by atoms with Gasteiger partial charge in [0.15, 0.2) is 0 Å². The normalized spacial score (nSPS) is 25.8. The molecule has 136 valence electrons. The van der Waals surface area contributed by atoms with Crippen molar-refractivity contribution in [1.29, 1.82) is 0 Å². The third-order valence-electron chi connectivity index (χ3n) is 3.99. The van der Waals surface area contributed by atoms with Gasteiger partial charge in [-0.1, -0.05) is 44.2 Å². The standard InChI is InChI=1S/C19H31NO4/c1-15(2)9-20-10-18(21)12-23-14-19(13-22-11-16(3)24-19)17-7-5-4-6-8-17/h4-8,15-16,18,20-21H,9-14H2,1-3H3. The average Bonchev–Trinajstić information content (AvgIpc) is 2.55. The van der Waals surface area contributed by atoms with Gasteiger partial charge in [-0.05, 0) is 24.9 Å². The van der Waals surface area contributed by atoms with Crippen molar-refractivity contribution >= 4 is 0 Å². The minimum absolute atomic E-state index is 0.0141. The van der Waals surface area contributed by atoms with Crippen LogP contribution in [0.25, 0.3) is 0 Å². The van der Waals surface area contributed by atoms with Gasteiger partial charge in [-0.15, -0.1) is 0 Å². The Hall–Kier alpha value is -0.980. The van der Waals surface area contributed by atoms with Crippen molar-refractivity contribution < 1.29 is 19.3 Å². The van der Waals surface area contributed by atoms with E-state index in [4.69, 9.17) is 14.2 Å². The molecule has 2 rings (SSSR count). The Kier molecular flexibility index (Phi) is 7.65. The van der Waals surface area contributed by atoms with Gasteiger partial charge in [0, 0.05) is 6.54 Å². The fraction of sp³-hybridized carbons (Fsp3) is 0.684. The Morgan fingerprint density at radius 1 is 1.29 bits per heavy atom. The molecule has 2 N–H and O–H groups in total. The second-order valence-electron chi connectivity index (χ2n) is 7.02. The van der Waals surface area contributed by atoms with Crippen LogP contribution in [0.3, 0.4) is 0 Å². The molecule has 5 nitrogen and oxygen atoms in total. The van der Waals surface area contributed by atoms with Crippen LogP contribution in [-0.4, -0.2) is 56.8 Å². The lowest BCUT2D eigenvalue weighted by Gasteiger charge is -2.40. The first-order chi connectivity index (χ1) is 11.5. The van der Waals surface area contributed by atoms with Gasteiger partial charge < -0.3 is 24.6 Å². The second-order valence-corrected chi connectivity index (χ2v) is 7.02. The van der Waals surface area contributed by atoms with E-state index < -0.39 is 11.7 Å². The van der Waals surface area contributed by atoms with E-state index in [1.54, 1.807) is 0 Å². The smallest absolute Gasteiger partial charge is 0.140 e. The Balaban J connectivity index is 1.88. The summed E-state index contributed by atoms with van der Waals surface area (Å²) in [4.78, 5) is 0. The summed E-state index contributed by atoms with van der Waals surface area (Å²) in [6.45, 7) is 9.40. The van der Waals surface area contributed by atoms with Crippen LogP contribution in [-0.2, 0) is 19.8 Å². The zero-order valence-electron chi connectivity index (χ0n) is 15.0. The lowest BCUT2D eigenvalue weighted by Crippen LogP contribution is -2.48. The highest BCUT2D eigenvalue weighted by Crippen LogP contribution is 2.31. The third-order valence-corrected chi connectivity index (χ3v) is 3.99. The van der Waals surface area contributed by atoms with Crippen molar-refractivity contribution in [3.8, 4) is 0 Å². The highest BCUT2D eigenvalue weighted by Gasteiger charge is 2.39. The number of aliphatic hydroxyl groups is 1. The largest absolute Gasteiger partial charge is 0.389 e. The minimum atomic E-state index is -0.607. The van der Waals surface area contributed by atoms with Crippen LogP contribution >= 0.6 is 0 Å². The maximum Gasteiger partial charge on any atom is 0.140 e. The monoisotopic (exact) mass is 337 g/mol. The summed E-state index contributed by atoms with van der Waals surface area (Å²) in [6.07, 6.45) is -0.515. The third kappa shape index (κ3) is 5.83. The van der Waals surface area contributed by atoms with Crippen LogP contribution in [0.2, 0.25) is 0 Å². The van der Waals surface area contributed by atoms with Crippen molar-refractivity contribution in [2.75, 3.05) is 39.5 Å². The van der Waals surface area contributed by atoms with E-state index in [1.165, 1.54) is 0 Å². The first-order valence-corrected chi connectivity index (χ1v) is 8.79. The molecule has 1 fully saturated rings. The summed E-state index contributed by atoms with van der Waals surface area (Å²) in [6, 6.07) is 10.0. The van der Waals surface area contributed by atoms with E-state index in [2.05, 4.69) is 19.2 Å². The van der Waals surface area contributed by atoms with Crippen molar-refractivity contribution in [1.82, 2.24) is 5.32 Å². The molecule has 1 heterocycles. The number of hydrogen-bond acceptors (Lipinski definition) is 5. The number of aliphatic hydroxyl groups excluding tert-OH is 1. The molecule has 1 aliphatic rings. The Morgan fingerprint density at radius 3 is 2.71 bits per heavy atom. The van der Waals surface area contributed by atoms with Gasteiger partial charge in [0.2, 0.25) is 0 Å². The second kappa shape index (κ2) is 9.49. The quantitative estimate of drug-likeness (QED) is 0.721. The maximum atomic E-state index is 10.0. The summed E-state index contributed by atoms with van der Waals surface area (Å²) >= 11 is 0. The highest BCUT2D eigenvalue weighted by molar-refractivity contribution is 5.23. The SMILES string of the molecule is CC(C)CNCC(O)COCC1(c2ccccc2)COCC(C)O1. The molecule has 0 aromatic heterocycles. The van der Waals surface area contributed by atoms with Crippen molar-refractivity contribution in [2.24, 2.45) is 5.92 Å². The van der Waals surface area contributed by atoms with Crippen molar-refractivity contribution in [3.05, 3.63) is 35.9 Å². The molecule has 0 saturated carbocycles. The van der Waals surface area contributed by atoms with Gasteiger partial charge in [0.25, 0.3) is 0 Å². The van der Waals surface area contributed by atoms with E-state index in [9.17, 15) is 5.11 Å². The van der Waals surface area contributed by atoms with Crippen LogP contribution in [0, 0.1) is 5.92 Å². The molecule has 0 aliphatic carbocycles. The van der Waals surface area contributed by atoms with E-state index in [0.717, 1.165) is 12.1 Å². The van der Waals surface area contributed by atoms with Crippen LogP contribution in [0.15, 0.2) is 30.3 Å². The number of ether oxygens (including phenoxy) is 3. The lowest BCUT2D eigenvalue weighted by atomic mass is 9.94. The maximum absolute atomic E-state index is 10.0. The molecular formula is C19H31NO4. The fourth-order valence-electron chi connectivity index (χ4n) is 2.85. The van der Waals surface area contributed by atoms with Gasteiger partial charge >= 0.3 is 0 Å². The molecule has 24 heavy (non-hydrogen) atoms. The van der Waals surface area contributed by atoms with Gasteiger partial charge in [-0.3, -0.25) is 0 Å². The molecule has 1 aliphatic heterocycles. The van der Waals surface area contributed by atoms with Crippen molar-refractivity contribution in [2.45, 2.75) is 38.6 Å². The molecule has 0 amide bonds. The van der Waals surface area contributed by atoms with E-state index >= 15 is 0 Å². The van der Waals surface area contributed by atoms with Gasteiger partial charge in [0.1, 0.15) is 5.60 Å². The Labute approximate surface area is 145 Å². The molecule has 3 atom stereocenters. The Bertz CT molecular complexity index is 468. The van der Waals surface area contributed by atoms with E-state index in [1.807, 2.05) is 37.3 Å². The summed E-state index contributed by atoms with van der Waals surface area (Å²) in [5.74, 6) is 0.564. The van der Waals surface area contributed by atoms with Crippen molar-refractivity contribution in [3.63, 3.8) is 0 Å². The molecular weight excluding hydrogens is 306 g/mol. The molecule has 0 spiro atoms. The number of benzene rings is 1. The van der Waals surface area contributed by atoms with E-state index in [-0.39, 0.29) is 12.7 Å². The van der Waals surface area contributed by atoms with Gasteiger partial charge in [0.05, 0.1) is 38.6 Å². The molecule has 1 aromatic carbocycles. The molecule has 3 unspecified atom stereocenters. The average molecular weight is 337 g/mol. The highest BCUT2D eigenvalue weighted by atomic mass is 16.6. The first kappa shape index (κ1) is 19.3. The molecule has 1 aromatic rings. The topological polar surface area (TPSA) is 60.0 Å². The lowest BCUT2D eigenvalue weighted by molar-refractivity contribution is -0.222. The number of nitrogens with one attached hydrogen (secondary N) is 1. The van der Waals surface area contributed by atoms with Crippen LogP contribution in [0.1, 0.15) is 26.3 Å². The molecule has 0 bridgehead atoms. The molecule has 1 saturated heterocycles. The van der Waals surface area contributed by atoms with E-state index in [0.29, 0.717) is 32.3 Å². The number of hydrogen-bond donors (Lipinski definition) is 2. The van der Waals surface area contributed by atoms with Crippen LogP contribution < -0.4 is 5.32 Å². The van der Waals surface area contributed by atoms with Gasteiger partial charge in [-0.25, -0.2) is 0 Å². The predicted molar refractivity (Wildman–Crippen MR) is 94.0 cm³/mol. The van der Waals surface area contributed by atoms with Crippen LogP contribution in [0.5, 0.6) is 0 Å². The van der Waals surface area contributed by atoms with Gasteiger partial charge in [-0.2, -0.15) is 0 Å². The molecule has 5 heteroatoms. The summed E-state index contributed by atoms with van der Waals surface area (Å²) in [5.41, 5.74) is 0.438. The summed E-state index contributed by atoms with van der Waals surface area (Å²) in [7, 11) is 0. The number of rotatable bonds is 9. The predicted octanol–water partition coefficient (Wildman–Crippen LogP) is 1.94. The zero-order valence-corrected chi connectivity index (χ0v) is 15.0. The fourth-order valence-corrected chi connectivity index (χ4v) is 2.85. The first-order valence-electron chi connectivity index (χ1n) is 8.79. The zero-order chi connectivity index (χ0) is 17.4. The van der Waals surface area contributed by atoms with Crippen LogP contribution in [0.4, 0.5) is 0 Å². The minimum Gasteiger partial charge on any atom is -0.389 e. The summed E-state index contributed by atoms with van der Waals surface area (Å²) in [5, 5.41) is 13.3.